The number of likely N-dealkylation sites (tertiary alicyclic amines) is 1. The lowest BCUT2D eigenvalue weighted by molar-refractivity contribution is -0.138. The molecule has 1 aromatic heterocycles. The summed E-state index contributed by atoms with van der Waals surface area (Å²) in [6.45, 7) is 0.942. The van der Waals surface area contributed by atoms with E-state index in [2.05, 4.69) is 4.98 Å². The number of sulfone groups is 1. The number of alkyl halides is 3. The van der Waals surface area contributed by atoms with Crippen molar-refractivity contribution < 1.29 is 39.9 Å². The Morgan fingerprint density at radius 2 is 1.71 bits per heavy atom. The van der Waals surface area contributed by atoms with Crippen LogP contribution in [0.25, 0.3) is 0 Å². The molecular weight excluding hydrogens is 497 g/mol. The lowest BCUT2D eigenvalue weighted by atomic mass is 10.0. The van der Waals surface area contributed by atoms with Crippen LogP contribution in [0.4, 0.5) is 27.8 Å². The normalized spacial score (nSPS) is 19.9. The summed E-state index contributed by atoms with van der Waals surface area (Å²) in [7, 11) is -3.59. The molecule has 0 aliphatic carbocycles. The molecule has 4 rings (SSSR count). The molecule has 0 spiro atoms. The van der Waals surface area contributed by atoms with E-state index in [9.17, 15) is 35.2 Å². The summed E-state index contributed by atoms with van der Waals surface area (Å²) < 4.78 is 95.5. The molecule has 190 valence electrons. The smallest absolute Gasteiger partial charge is 0.417 e. The molecular formula is C22H22F5N3O4S. The highest BCUT2D eigenvalue weighted by molar-refractivity contribution is 7.90. The fraction of sp³-hybridized carbons (Fsp3) is 0.455. The first-order chi connectivity index (χ1) is 16.3. The minimum atomic E-state index is -4.69. The van der Waals surface area contributed by atoms with Gasteiger partial charge in [0.2, 0.25) is 0 Å². The molecule has 2 aliphatic heterocycles. The van der Waals surface area contributed by atoms with Gasteiger partial charge in [-0.25, -0.2) is 22.2 Å². The van der Waals surface area contributed by atoms with Crippen molar-refractivity contribution in [1.82, 2.24) is 9.88 Å². The molecule has 2 fully saturated rings. The Morgan fingerprint density at radius 3 is 2.29 bits per heavy atom. The zero-order valence-electron chi connectivity index (χ0n) is 18.6. The Hall–Kier alpha value is -2.96. The number of hydrogen-bond donors (Lipinski definition) is 0. The molecule has 1 aromatic carbocycles. The summed E-state index contributed by atoms with van der Waals surface area (Å²) in [5, 5.41) is 0. The first kappa shape index (κ1) is 25.1. The second-order valence-electron chi connectivity index (χ2n) is 8.54. The van der Waals surface area contributed by atoms with Gasteiger partial charge in [0.1, 0.15) is 0 Å². The second kappa shape index (κ2) is 9.25. The van der Waals surface area contributed by atoms with Gasteiger partial charge in [-0.3, -0.25) is 4.79 Å². The Morgan fingerprint density at radius 1 is 1.03 bits per heavy atom. The molecule has 0 unspecified atom stereocenters. The molecule has 7 nitrogen and oxygen atoms in total. The van der Waals surface area contributed by atoms with Crippen LogP contribution in [0.3, 0.4) is 0 Å². The first-order valence-electron chi connectivity index (χ1n) is 10.8. The van der Waals surface area contributed by atoms with E-state index in [0.29, 0.717) is 38.1 Å². The zero-order chi connectivity index (χ0) is 25.5. The SMILES string of the molecule is CS(=O)(=O)c1ccc(O[C@H]2CCN(C3CCN(c4ncc(C(F)(F)F)cc4F)CC3)C2=O)c(F)c1. The van der Waals surface area contributed by atoms with E-state index in [4.69, 9.17) is 4.74 Å². The average Bonchev–Trinajstić information content (AvgIpc) is 3.14. The van der Waals surface area contributed by atoms with Crippen LogP contribution >= 0.6 is 0 Å². The van der Waals surface area contributed by atoms with Gasteiger partial charge in [0.25, 0.3) is 5.91 Å². The molecule has 3 heterocycles. The lowest BCUT2D eigenvalue weighted by Crippen LogP contribution is -2.47. The molecule has 35 heavy (non-hydrogen) atoms. The van der Waals surface area contributed by atoms with Crippen molar-refractivity contribution in [2.24, 2.45) is 0 Å². The van der Waals surface area contributed by atoms with Gasteiger partial charge in [-0.1, -0.05) is 0 Å². The van der Waals surface area contributed by atoms with Crippen molar-refractivity contribution in [1.29, 1.82) is 0 Å². The van der Waals surface area contributed by atoms with E-state index in [0.717, 1.165) is 12.3 Å². The van der Waals surface area contributed by atoms with Gasteiger partial charge in [-0.15, -0.1) is 0 Å². The summed E-state index contributed by atoms with van der Waals surface area (Å²) in [4.78, 5) is 19.5. The predicted octanol–water partition coefficient (Wildman–Crippen LogP) is 3.43. The summed E-state index contributed by atoms with van der Waals surface area (Å²) in [5.41, 5.74) is -1.16. The molecule has 0 bridgehead atoms. The fourth-order valence-corrected chi connectivity index (χ4v) is 4.95. The highest BCUT2D eigenvalue weighted by Gasteiger charge is 2.39. The highest BCUT2D eigenvalue weighted by Crippen LogP contribution is 2.33. The van der Waals surface area contributed by atoms with Gasteiger partial charge < -0.3 is 14.5 Å². The van der Waals surface area contributed by atoms with E-state index in [-0.39, 0.29) is 41.5 Å². The number of carbonyl (C=O) groups excluding carboxylic acids is 1. The molecule has 13 heteroatoms. The number of ether oxygens (including phenoxy) is 1. The largest absolute Gasteiger partial charge is 0.477 e. The van der Waals surface area contributed by atoms with Crippen LogP contribution in [0.15, 0.2) is 35.4 Å². The topological polar surface area (TPSA) is 79.8 Å². The maximum absolute atomic E-state index is 14.3. The molecule has 2 aromatic rings. The zero-order valence-corrected chi connectivity index (χ0v) is 19.4. The second-order valence-corrected chi connectivity index (χ2v) is 10.6. The Kier molecular flexibility index (Phi) is 6.64. The molecule has 1 amide bonds. The van der Waals surface area contributed by atoms with Crippen molar-refractivity contribution in [3.63, 3.8) is 0 Å². The van der Waals surface area contributed by atoms with Gasteiger partial charge in [0, 0.05) is 44.5 Å². The summed E-state index contributed by atoms with van der Waals surface area (Å²) in [6, 6.07) is 3.44. The van der Waals surface area contributed by atoms with Crippen molar-refractivity contribution in [3.8, 4) is 5.75 Å². The molecule has 2 aliphatic rings. The molecule has 0 N–H and O–H groups in total. The van der Waals surface area contributed by atoms with Crippen LogP contribution in [0.1, 0.15) is 24.8 Å². The maximum atomic E-state index is 14.3. The summed E-state index contributed by atoms with van der Waals surface area (Å²) >= 11 is 0. The third kappa shape index (κ3) is 5.34. The highest BCUT2D eigenvalue weighted by atomic mass is 32.2. The van der Waals surface area contributed by atoms with Crippen molar-refractivity contribution >= 4 is 21.6 Å². The quantitative estimate of drug-likeness (QED) is 0.564. The van der Waals surface area contributed by atoms with E-state index in [1.54, 1.807) is 9.80 Å². The first-order valence-corrected chi connectivity index (χ1v) is 12.7. The number of carbonyl (C=O) groups is 1. The third-order valence-electron chi connectivity index (χ3n) is 6.15. The minimum Gasteiger partial charge on any atom is -0.477 e. The van der Waals surface area contributed by atoms with Crippen LogP contribution in [-0.4, -0.2) is 62.2 Å². The Bertz CT molecular complexity index is 1230. The Balaban J connectivity index is 1.36. The number of hydrogen-bond acceptors (Lipinski definition) is 6. The number of rotatable bonds is 5. The average molecular weight is 519 g/mol. The maximum Gasteiger partial charge on any atom is 0.417 e. The van der Waals surface area contributed by atoms with Crippen molar-refractivity contribution in [3.05, 3.63) is 47.7 Å². The number of amides is 1. The van der Waals surface area contributed by atoms with Gasteiger partial charge in [0.15, 0.2) is 39.1 Å². The molecule has 0 radical (unpaired) electrons. The number of anilines is 1. The van der Waals surface area contributed by atoms with Crippen LogP contribution < -0.4 is 9.64 Å². The van der Waals surface area contributed by atoms with Crippen LogP contribution in [0, 0.1) is 11.6 Å². The van der Waals surface area contributed by atoms with Crippen molar-refractivity contribution in [2.45, 2.75) is 42.5 Å². The van der Waals surface area contributed by atoms with E-state index in [1.165, 1.54) is 12.1 Å². The lowest BCUT2D eigenvalue weighted by Gasteiger charge is -2.37. The number of piperidine rings is 1. The van der Waals surface area contributed by atoms with E-state index in [1.807, 2.05) is 0 Å². The number of nitrogens with zero attached hydrogens (tertiary/aromatic N) is 3. The fourth-order valence-electron chi connectivity index (χ4n) is 4.32. The Labute approximate surface area is 198 Å². The standard InChI is InChI=1S/C22H22F5N3O4S/c1-35(32,33)15-2-3-18(16(23)11-15)34-19-6-9-30(21(19)31)14-4-7-29(8-5-14)20-17(24)10-13(12-28-20)22(25,26)27/h2-3,10-12,14,19H,4-9H2,1H3/t19-/m0/s1. The van der Waals surface area contributed by atoms with E-state index < -0.39 is 39.3 Å². The third-order valence-corrected chi connectivity index (χ3v) is 7.26. The van der Waals surface area contributed by atoms with Crippen LogP contribution in [0.2, 0.25) is 0 Å². The van der Waals surface area contributed by atoms with E-state index >= 15 is 0 Å². The van der Waals surface area contributed by atoms with Crippen LogP contribution in [0.5, 0.6) is 5.75 Å². The van der Waals surface area contributed by atoms with Gasteiger partial charge in [-0.05, 0) is 37.1 Å². The minimum absolute atomic E-state index is 0.168. The summed E-state index contributed by atoms with van der Waals surface area (Å²) in [6.07, 6.45) is -2.88. The number of pyridine rings is 1. The number of halogens is 5. The summed E-state index contributed by atoms with van der Waals surface area (Å²) in [5.74, 6) is -2.69. The number of aromatic nitrogens is 1. The van der Waals surface area contributed by atoms with Crippen LogP contribution in [-0.2, 0) is 20.8 Å². The molecule has 1 atom stereocenters. The number of benzene rings is 1. The monoisotopic (exact) mass is 519 g/mol. The molecule has 0 saturated carbocycles. The molecule has 2 saturated heterocycles. The predicted molar refractivity (Wildman–Crippen MR) is 115 cm³/mol. The van der Waals surface area contributed by atoms with Crippen molar-refractivity contribution in [2.75, 3.05) is 30.8 Å². The van der Waals surface area contributed by atoms with Gasteiger partial charge in [-0.2, -0.15) is 13.2 Å². The van der Waals surface area contributed by atoms with Gasteiger partial charge >= 0.3 is 6.18 Å². The van der Waals surface area contributed by atoms with Gasteiger partial charge in [0.05, 0.1) is 10.5 Å².